The summed E-state index contributed by atoms with van der Waals surface area (Å²) < 4.78 is 6.58. The largest absolute Gasteiger partial charge is 0.457 e. The van der Waals surface area contributed by atoms with Gasteiger partial charge in [0.25, 0.3) is 0 Å². The van der Waals surface area contributed by atoms with Gasteiger partial charge in [-0.2, -0.15) is 0 Å². The van der Waals surface area contributed by atoms with Crippen molar-refractivity contribution in [2.75, 3.05) is 5.32 Å². The Kier molecular flexibility index (Phi) is 5.07. The molecule has 1 aromatic heterocycles. The number of ether oxygens (including phenoxy) is 1. The molecule has 0 aliphatic heterocycles. The van der Waals surface area contributed by atoms with Crippen molar-refractivity contribution in [3.05, 3.63) is 72.2 Å². The fourth-order valence-corrected chi connectivity index (χ4v) is 2.40. The molecule has 23 heavy (non-hydrogen) atoms. The molecule has 0 aliphatic rings. The molecule has 0 saturated heterocycles. The van der Waals surface area contributed by atoms with Crippen LogP contribution in [-0.4, -0.2) is 9.97 Å². The summed E-state index contributed by atoms with van der Waals surface area (Å²) in [7, 11) is 0. The van der Waals surface area contributed by atoms with Gasteiger partial charge in [0.15, 0.2) is 0 Å². The van der Waals surface area contributed by atoms with Crippen molar-refractivity contribution in [2.24, 2.45) is 0 Å². The molecule has 0 aliphatic carbocycles. The molecule has 0 fully saturated rings. The van der Waals surface area contributed by atoms with Crippen molar-refractivity contribution in [1.82, 2.24) is 9.97 Å². The van der Waals surface area contributed by atoms with Crippen LogP contribution in [0.25, 0.3) is 0 Å². The molecule has 0 atom stereocenters. The number of hydrogen-bond acceptors (Lipinski definition) is 4. The molecule has 4 nitrogen and oxygen atoms in total. The zero-order chi connectivity index (χ0) is 16.1. The SMILES string of the molecule is Cc1cnc(CI)nc1Nc1ccc(Oc2ccccc2)cc1. The van der Waals surface area contributed by atoms with E-state index in [0.717, 1.165) is 38.8 Å². The molecule has 0 amide bonds. The molecule has 1 N–H and O–H groups in total. The highest BCUT2D eigenvalue weighted by Gasteiger charge is 2.04. The number of aryl methyl sites for hydroxylation is 1. The third-order valence-corrected chi connectivity index (χ3v) is 3.92. The van der Waals surface area contributed by atoms with Crippen LogP contribution < -0.4 is 10.1 Å². The van der Waals surface area contributed by atoms with Crippen molar-refractivity contribution in [3.63, 3.8) is 0 Å². The lowest BCUT2D eigenvalue weighted by Crippen LogP contribution is -2.01. The quantitative estimate of drug-likeness (QED) is 0.455. The Bertz CT molecular complexity index is 776. The minimum absolute atomic E-state index is 0.788. The first-order chi connectivity index (χ1) is 11.2. The van der Waals surface area contributed by atoms with Crippen LogP contribution in [0.5, 0.6) is 11.5 Å². The smallest absolute Gasteiger partial charge is 0.140 e. The second-order valence-corrected chi connectivity index (χ2v) is 5.78. The fourth-order valence-electron chi connectivity index (χ4n) is 2.04. The van der Waals surface area contributed by atoms with E-state index in [1.165, 1.54) is 0 Å². The van der Waals surface area contributed by atoms with Gasteiger partial charge >= 0.3 is 0 Å². The van der Waals surface area contributed by atoms with Gasteiger partial charge in [-0.25, -0.2) is 9.97 Å². The van der Waals surface area contributed by atoms with E-state index in [0.29, 0.717) is 0 Å². The normalized spacial score (nSPS) is 10.3. The first kappa shape index (κ1) is 15.7. The highest BCUT2D eigenvalue weighted by atomic mass is 127. The predicted octanol–water partition coefficient (Wildman–Crippen LogP) is 5.26. The van der Waals surface area contributed by atoms with Gasteiger partial charge in [-0.15, -0.1) is 0 Å². The highest BCUT2D eigenvalue weighted by molar-refractivity contribution is 14.1. The van der Waals surface area contributed by atoms with Crippen molar-refractivity contribution in [2.45, 2.75) is 11.4 Å². The molecular weight excluding hydrogens is 401 g/mol. The Labute approximate surface area is 149 Å². The summed E-state index contributed by atoms with van der Waals surface area (Å²) in [6.45, 7) is 1.99. The molecule has 116 valence electrons. The lowest BCUT2D eigenvalue weighted by Gasteiger charge is -2.10. The standard InChI is InChI=1S/C18H16IN3O/c1-13-12-20-17(11-19)22-18(13)21-14-7-9-16(10-8-14)23-15-5-3-2-4-6-15/h2-10,12H,11H2,1H3,(H,20,21,22). The van der Waals surface area contributed by atoms with Gasteiger partial charge in [-0.1, -0.05) is 40.8 Å². The Morgan fingerprint density at radius 2 is 1.70 bits per heavy atom. The van der Waals surface area contributed by atoms with Gasteiger partial charge in [-0.05, 0) is 43.3 Å². The van der Waals surface area contributed by atoms with Gasteiger partial charge < -0.3 is 10.1 Å². The molecule has 3 rings (SSSR count). The third-order valence-electron chi connectivity index (χ3n) is 3.24. The number of nitrogens with one attached hydrogen (secondary N) is 1. The summed E-state index contributed by atoms with van der Waals surface area (Å²) in [4.78, 5) is 8.80. The maximum absolute atomic E-state index is 5.79. The maximum Gasteiger partial charge on any atom is 0.140 e. The van der Waals surface area contributed by atoms with Gasteiger partial charge in [-0.3, -0.25) is 0 Å². The second-order valence-electron chi connectivity index (χ2n) is 5.02. The van der Waals surface area contributed by atoms with Gasteiger partial charge in [0, 0.05) is 17.4 Å². The van der Waals surface area contributed by atoms with E-state index < -0.39 is 0 Å². The van der Waals surface area contributed by atoms with Crippen LogP contribution in [0.4, 0.5) is 11.5 Å². The molecule has 2 aromatic carbocycles. The molecule has 0 unspecified atom stereocenters. The fraction of sp³-hybridized carbons (Fsp3) is 0.111. The lowest BCUT2D eigenvalue weighted by atomic mass is 10.2. The van der Waals surface area contributed by atoms with Gasteiger partial charge in [0.05, 0.1) is 4.43 Å². The van der Waals surface area contributed by atoms with E-state index in [2.05, 4.69) is 37.9 Å². The van der Waals surface area contributed by atoms with Crippen LogP contribution in [0.3, 0.4) is 0 Å². The van der Waals surface area contributed by atoms with Crippen LogP contribution in [0.2, 0.25) is 0 Å². The van der Waals surface area contributed by atoms with Crippen molar-refractivity contribution < 1.29 is 4.74 Å². The molecular formula is C18H16IN3O. The molecule has 5 heteroatoms. The van der Waals surface area contributed by atoms with Crippen LogP contribution in [0.15, 0.2) is 60.8 Å². The van der Waals surface area contributed by atoms with Crippen LogP contribution in [0.1, 0.15) is 11.4 Å². The summed E-state index contributed by atoms with van der Waals surface area (Å²) in [6.07, 6.45) is 1.84. The Hall–Kier alpha value is -2.15. The van der Waals surface area contributed by atoms with Crippen molar-refractivity contribution in [3.8, 4) is 11.5 Å². The van der Waals surface area contributed by atoms with E-state index in [4.69, 9.17) is 4.74 Å². The molecule has 0 spiro atoms. The van der Waals surface area contributed by atoms with Crippen molar-refractivity contribution in [1.29, 1.82) is 0 Å². The van der Waals surface area contributed by atoms with Crippen LogP contribution >= 0.6 is 22.6 Å². The number of halogens is 1. The third kappa shape index (κ3) is 4.19. The van der Waals surface area contributed by atoms with E-state index >= 15 is 0 Å². The number of nitrogens with zero attached hydrogens (tertiary/aromatic N) is 2. The summed E-state index contributed by atoms with van der Waals surface area (Å²) in [6, 6.07) is 17.6. The van der Waals surface area contributed by atoms with Gasteiger partial charge in [0.1, 0.15) is 23.1 Å². The minimum Gasteiger partial charge on any atom is -0.457 e. The minimum atomic E-state index is 0.788. The van der Waals surface area contributed by atoms with E-state index in [1.807, 2.05) is 67.7 Å². The summed E-state index contributed by atoms with van der Waals surface area (Å²) in [5.41, 5.74) is 1.98. The second kappa shape index (κ2) is 7.41. The number of rotatable bonds is 5. The number of para-hydroxylation sites is 1. The van der Waals surface area contributed by atoms with E-state index in [9.17, 15) is 0 Å². The number of alkyl halides is 1. The molecule has 0 saturated carbocycles. The monoisotopic (exact) mass is 417 g/mol. The molecule has 0 bridgehead atoms. The number of hydrogen-bond donors (Lipinski definition) is 1. The Morgan fingerprint density at radius 1 is 1.00 bits per heavy atom. The van der Waals surface area contributed by atoms with Crippen LogP contribution in [-0.2, 0) is 4.43 Å². The highest BCUT2D eigenvalue weighted by Crippen LogP contribution is 2.24. The Balaban J connectivity index is 1.73. The predicted molar refractivity (Wildman–Crippen MR) is 101 cm³/mol. The Morgan fingerprint density at radius 3 is 2.39 bits per heavy atom. The average Bonchev–Trinajstić information content (AvgIpc) is 2.59. The van der Waals surface area contributed by atoms with Crippen LogP contribution in [0, 0.1) is 6.92 Å². The zero-order valence-corrected chi connectivity index (χ0v) is 14.8. The van der Waals surface area contributed by atoms with Gasteiger partial charge in [0.2, 0.25) is 0 Å². The zero-order valence-electron chi connectivity index (χ0n) is 12.7. The molecule has 0 radical (unpaired) electrons. The average molecular weight is 417 g/mol. The lowest BCUT2D eigenvalue weighted by molar-refractivity contribution is 0.483. The van der Waals surface area contributed by atoms with E-state index in [-0.39, 0.29) is 0 Å². The number of anilines is 2. The first-order valence-corrected chi connectivity index (χ1v) is 8.75. The topological polar surface area (TPSA) is 47.0 Å². The van der Waals surface area contributed by atoms with E-state index in [1.54, 1.807) is 0 Å². The molecule has 3 aromatic rings. The van der Waals surface area contributed by atoms with Crippen molar-refractivity contribution >= 4 is 34.1 Å². The number of benzene rings is 2. The number of aromatic nitrogens is 2. The maximum atomic E-state index is 5.79. The first-order valence-electron chi connectivity index (χ1n) is 7.23. The summed E-state index contributed by atoms with van der Waals surface area (Å²) in [5.74, 6) is 3.28. The molecule has 1 heterocycles. The summed E-state index contributed by atoms with van der Waals surface area (Å²) in [5, 5.41) is 3.33. The summed E-state index contributed by atoms with van der Waals surface area (Å²) >= 11 is 2.26.